The highest BCUT2D eigenvalue weighted by Gasteiger charge is 2.07. The quantitative estimate of drug-likeness (QED) is 0.196. The van der Waals surface area contributed by atoms with Crippen LogP contribution in [0.15, 0.2) is 0 Å². The molecule has 0 atom stereocenters. The lowest BCUT2D eigenvalue weighted by atomic mass is 10.1. The number of hydrogen-bond acceptors (Lipinski definition) is 0. The van der Waals surface area contributed by atoms with E-state index >= 15 is 0 Å². The van der Waals surface area contributed by atoms with Crippen molar-refractivity contribution in [2.45, 2.75) is 104 Å². The molecule has 0 aromatic carbocycles. The van der Waals surface area contributed by atoms with Gasteiger partial charge in [-0.2, -0.15) is 0 Å². The number of amidine groups is 1. The van der Waals surface area contributed by atoms with Gasteiger partial charge in [0.1, 0.15) is 0 Å². The standard InChI is InChI=1S/C20H42N2.BrH/c1-5-7-9-11-13-14-16-18-20(22(3)4)21-19-17-15-12-10-8-6-2;/h5-19H2,1-4H3;1H. The molecule has 0 saturated carbocycles. The molecule has 0 spiro atoms. The van der Waals surface area contributed by atoms with Gasteiger partial charge in [0.15, 0.2) is 0 Å². The van der Waals surface area contributed by atoms with Crippen LogP contribution in [0.4, 0.5) is 0 Å². The van der Waals surface area contributed by atoms with Gasteiger partial charge in [0.25, 0.3) is 0 Å². The van der Waals surface area contributed by atoms with E-state index < -0.39 is 0 Å². The van der Waals surface area contributed by atoms with Crippen molar-refractivity contribution in [1.29, 1.82) is 0 Å². The van der Waals surface area contributed by atoms with Gasteiger partial charge in [-0.25, -0.2) is 0 Å². The zero-order chi connectivity index (χ0) is 16.5. The molecule has 0 amide bonds. The largest absolute Gasteiger partial charge is 1.00 e. The summed E-state index contributed by atoms with van der Waals surface area (Å²) < 4.78 is 2.27. The molecule has 23 heavy (non-hydrogen) atoms. The van der Waals surface area contributed by atoms with Crippen molar-refractivity contribution in [2.24, 2.45) is 0 Å². The fourth-order valence-corrected chi connectivity index (χ4v) is 2.86. The Kier molecular flexibility index (Phi) is 21.9. The summed E-state index contributed by atoms with van der Waals surface area (Å²) in [5, 5.41) is 3.66. The average Bonchev–Trinajstić information content (AvgIpc) is 2.50. The van der Waals surface area contributed by atoms with Gasteiger partial charge in [-0.3, -0.25) is 9.89 Å². The molecule has 0 unspecified atom stereocenters. The van der Waals surface area contributed by atoms with Crippen LogP contribution in [0.25, 0.3) is 0 Å². The Bertz CT molecular complexity index is 240. The topological polar surface area (TPSA) is 15.0 Å². The van der Waals surface area contributed by atoms with E-state index in [1.54, 1.807) is 0 Å². The van der Waals surface area contributed by atoms with Crippen molar-refractivity contribution in [2.75, 3.05) is 20.6 Å². The van der Waals surface area contributed by atoms with E-state index in [0.717, 1.165) is 6.54 Å². The van der Waals surface area contributed by atoms with Crippen molar-refractivity contribution < 1.29 is 21.6 Å². The Hall–Kier alpha value is -0.0500. The number of nitrogens with zero attached hydrogens (tertiary/aromatic N) is 1. The molecule has 2 nitrogen and oxygen atoms in total. The maximum atomic E-state index is 3.66. The molecule has 0 radical (unpaired) electrons. The third kappa shape index (κ3) is 18.1. The maximum Gasteiger partial charge on any atom is 0.244 e. The van der Waals surface area contributed by atoms with Gasteiger partial charge in [0.2, 0.25) is 5.84 Å². The molecule has 0 aliphatic rings. The summed E-state index contributed by atoms with van der Waals surface area (Å²) >= 11 is 0. The van der Waals surface area contributed by atoms with Gasteiger partial charge in [0, 0.05) is 6.42 Å². The normalized spacial score (nSPS) is 10.3. The first-order valence-electron chi connectivity index (χ1n) is 9.99. The number of nitrogens with one attached hydrogen (secondary N) is 1. The number of unbranched alkanes of at least 4 members (excludes halogenated alkanes) is 11. The van der Waals surface area contributed by atoms with E-state index in [2.05, 4.69) is 37.8 Å². The number of hydrogen-bond donors (Lipinski definition) is 1. The summed E-state index contributed by atoms with van der Waals surface area (Å²) in [7, 11) is 4.34. The van der Waals surface area contributed by atoms with Crippen LogP contribution < -0.4 is 22.3 Å². The Labute approximate surface area is 157 Å². The first-order valence-corrected chi connectivity index (χ1v) is 9.99. The average molecular weight is 391 g/mol. The van der Waals surface area contributed by atoms with Crippen molar-refractivity contribution in [1.82, 2.24) is 5.32 Å². The first kappa shape index (κ1) is 25.2. The van der Waals surface area contributed by atoms with E-state index in [-0.39, 0.29) is 17.0 Å². The Morgan fingerprint density at radius 3 is 1.57 bits per heavy atom. The van der Waals surface area contributed by atoms with E-state index in [4.69, 9.17) is 0 Å². The molecule has 0 aliphatic heterocycles. The molecule has 140 valence electrons. The zero-order valence-corrected chi connectivity index (χ0v) is 18.0. The predicted octanol–water partition coefficient (Wildman–Crippen LogP) is 2.75. The number of rotatable bonds is 15. The highest BCUT2D eigenvalue weighted by atomic mass is 79.9. The molecule has 0 heterocycles. The summed E-state index contributed by atoms with van der Waals surface area (Å²) in [6.45, 7) is 5.72. The van der Waals surface area contributed by atoms with Crippen LogP contribution in [-0.4, -0.2) is 31.1 Å². The second-order valence-electron chi connectivity index (χ2n) is 6.91. The maximum absolute atomic E-state index is 3.66. The molecule has 0 bridgehead atoms. The van der Waals surface area contributed by atoms with Gasteiger partial charge in [-0.05, 0) is 19.3 Å². The second-order valence-corrected chi connectivity index (χ2v) is 6.91. The summed E-state index contributed by atoms with van der Waals surface area (Å²) in [6.07, 6.45) is 19.2. The van der Waals surface area contributed by atoms with Gasteiger partial charge in [-0.1, -0.05) is 78.1 Å². The smallest absolute Gasteiger partial charge is 0.244 e. The Morgan fingerprint density at radius 2 is 1.09 bits per heavy atom. The summed E-state index contributed by atoms with van der Waals surface area (Å²) in [6, 6.07) is 0. The van der Waals surface area contributed by atoms with Crippen LogP contribution in [0, 0.1) is 0 Å². The third-order valence-electron chi connectivity index (χ3n) is 4.42. The van der Waals surface area contributed by atoms with Gasteiger partial charge < -0.3 is 17.0 Å². The van der Waals surface area contributed by atoms with Gasteiger partial charge in [0.05, 0.1) is 20.6 Å². The molecule has 0 fully saturated rings. The minimum Gasteiger partial charge on any atom is -1.00 e. The van der Waals surface area contributed by atoms with Crippen LogP contribution in [0.3, 0.4) is 0 Å². The lowest BCUT2D eigenvalue weighted by Crippen LogP contribution is -3.00. The minimum absolute atomic E-state index is 0. The predicted molar refractivity (Wildman–Crippen MR) is 101 cm³/mol. The van der Waals surface area contributed by atoms with E-state index in [1.165, 1.54) is 95.7 Å². The first-order chi connectivity index (χ1) is 10.7. The van der Waals surface area contributed by atoms with E-state index in [0.29, 0.717) is 0 Å². The van der Waals surface area contributed by atoms with Crippen molar-refractivity contribution in [3.8, 4) is 0 Å². The molecule has 0 saturated heterocycles. The van der Waals surface area contributed by atoms with Crippen LogP contribution >= 0.6 is 0 Å². The lowest BCUT2D eigenvalue weighted by Gasteiger charge is -2.07. The lowest BCUT2D eigenvalue weighted by molar-refractivity contribution is -0.468. The zero-order valence-electron chi connectivity index (χ0n) is 16.4. The monoisotopic (exact) mass is 390 g/mol. The van der Waals surface area contributed by atoms with Crippen LogP contribution in [0.2, 0.25) is 0 Å². The summed E-state index contributed by atoms with van der Waals surface area (Å²) in [5.74, 6) is 1.43. The highest BCUT2D eigenvalue weighted by Crippen LogP contribution is 2.08. The fraction of sp³-hybridized carbons (Fsp3) is 0.950. The number of halogens is 1. The minimum atomic E-state index is 0. The molecular formula is C20H43BrN2. The molecule has 0 rings (SSSR count). The molecule has 0 aliphatic carbocycles. The molecule has 3 heteroatoms. The summed E-state index contributed by atoms with van der Waals surface area (Å²) in [4.78, 5) is 0. The van der Waals surface area contributed by atoms with Gasteiger partial charge >= 0.3 is 0 Å². The SMILES string of the molecule is CCCCCCCCCC(NCCCCCCCC)=[N+](C)C.[Br-]. The second kappa shape index (κ2) is 20.0. The van der Waals surface area contributed by atoms with Crippen LogP contribution in [0.5, 0.6) is 0 Å². The van der Waals surface area contributed by atoms with Gasteiger partial charge in [-0.15, -0.1) is 0 Å². The van der Waals surface area contributed by atoms with Crippen molar-refractivity contribution in [3.05, 3.63) is 0 Å². The van der Waals surface area contributed by atoms with E-state index in [1.807, 2.05) is 0 Å². The third-order valence-corrected chi connectivity index (χ3v) is 4.42. The van der Waals surface area contributed by atoms with Crippen molar-refractivity contribution in [3.63, 3.8) is 0 Å². The Balaban J connectivity index is 0. The Morgan fingerprint density at radius 1 is 0.652 bits per heavy atom. The fourth-order valence-electron chi connectivity index (χ4n) is 2.86. The highest BCUT2D eigenvalue weighted by molar-refractivity contribution is 5.77. The van der Waals surface area contributed by atoms with E-state index in [9.17, 15) is 0 Å². The van der Waals surface area contributed by atoms with Crippen molar-refractivity contribution >= 4 is 5.84 Å². The van der Waals surface area contributed by atoms with Crippen LogP contribution in [-0.2, 0) is 0 Å². The van der Waals surface area contributed by atoms with Crippen LogP contribution in [0.1, 0.15) is 104 Å². The summed E-state index contributed by atoms with van der Waals surface area (Å²) in [5.41, 5.74) is 0. The molecule has 1 N–H and O–H groups in total. The molecule has 0 aromatic heterocycles. The molecule has 0 aromatic rings. The molecular weight excluding hydrogens is 348 g/mol.